The largest absolute Gasteiger partial charge is 0.464 e. The lowest BCUT2D eigenvalue weighted by Crippen LogP contribution is -2.27. The summed E-state index contributed by atoms with van der Waals surface area (Å²) in [5.74, 6) is -0.806. The van der Waals surface area contributed by atoms with Crippen molar-refractivity contribution in [1.29, 1.82) is 0 Å². The van der Waals surface area contributed by atoms with Gasteiger partial charge in [-0.3, -0.25) is 14.9 Å². The number of rotatable bonds is 9. The SMILES string of the molecule is O=C(Oc1coc(CSc2nnc(NC(=O)c3cccs3)s2)cc1=O)c1ccc(S(=O)(=O)N2CCCC2)cc1. The van der Waals surface area contributed by atoms with Gasteiger partial charge in [0.1, 0.15) is 12.0 Å². The second-order valence-corrected chi connectivity index (χ2v) is 13.3. The van der Waals surface area contributed by atoms with E-state index >= 15 is 0 Å². The highest BCUT2D eigenvalue weighted by atomic mass is 32.2. The van der Waals surface area contributed by atoms with Gasteiger partial charge in [-0.25, -0.2) is 13.2 Å². The lowest BCUT2D eigenvalue weighted by molar-refractivity contribution is 0.0728. The van der Waals surface area contributed by atoms with E-state index in [0.717, 1.165) is 19.1 Å². The summed E-state index contributed by atoms with van der Waals surface area (Å²) in [5, 5.41) is 12.8. The summed E-state index contributed by atoms with van der Waals surface area (Å²) in [6, 6.07) is 10.1. The van der Waals surface area contributed by atoms with E-state index in [-0.39, 0.29) is 27.9 Å². The smallest absolute Gasteiger partial charge is 0.343 e. The van der Waals surface area contributed by atoms with Crippen LogP contribution in [-0.4, -0.2) is 47.9 Å². The molecule has 3 aromatic heterocycles. The summed E-state index contributed by atoms with van der Waals surface area (Å²) in [7, 11) is -3.60. The first-order valence-electron chi connectivity index (χ1n) is 11.5. The number of ether oxygens (including phenoxy) is 1. The van der Waals surface area contributed by atoms with Gasteiger partial charge in [-0.1, -0.05) is 29.2 Å². The maximum atomic E-state index is 12.6. The second-order valence-electron chi connectivity index (χ2n) is 8.19. The third kappa shape index (κ3) is 6.45. The molecule has 11 nitrogen and oxygen atoms in total. The molecule has 1 aliphatic rings. The molecule has 0 bridgehead atoms. The van der Waals surface area contributed by atoms with Crippen molar-refractivity contribution >= 4 is 61.5 Å². The maximum Gasteiger partial charge on any atom is 0.343 e. The van der Waals surface area contributed by atoms with E-state index in [0.29, 0.717) is 33.2 Å². The summed E-state index contributed by atoms with van der Waals surface area (Å²) in [5.41, 5.74) is -0.466. The molecule has 0 spiro atoms. The van der Waals surface area contributed by atoms with Gasteiger partial charge in [0.15, 0.2) is 4.34 Å². The van der Waals surface area contributed by atoms with Gasteiger partial charge in [-0.15, -0.1) is 21.5 Å². The number of carbonyl (C=O) groups excluding carboxylic acids is 2. The van der Waals surface area contributed by atoms with E-state index in [1.54, 1.807) is 17.5 Å². The number of anilines is 1. The first-order chi connectivity index (χ1) is 18.8. The fourth-order valence-electron chi connectivity index (χ4n) is 3.61. The van der Waals surface area contributed by atoms with Gasteiger partial charge in [-0.2, -0.15) is 4.31 Å². The molecule has 0 unspecified atom stereocenters. The van der Waals surface area contributed by atoms with E-state index in [9.17, 15) is 22.8 Å². The van der Waals surface area contributed by atoms with Crippen LogP contribution in [0.25, 0.3) is 0 Å². The molecule has 1 amide bonds. The Labute approximate surface area is 234 Å². The molecule has 5 rings (SSSR count). The minimum atomic E-state index is -3.60. The molecule has 1 aliphatic heterocycles. The fraction of sp³-hybridized carbons (Fsp3) is 0.208. The zero-order valence-electron chi connectivity index (χ0n) is 20.1. The Bertz CT molecular complexity index is 1640. The number of thioether (sulfide) groups is 1. The first-order valence-corrected chi connectivity index (χ1v) is 15.7. The Kier molecular flexibility index (Phi) is 8.23. The summed E-state index contributed by atoms with van der Waals surface area (Å²) < 4.78 is 37.9. The molecule has 1 saturated heterocycles. The highest BCUT2D eigenvalue weighted by Gasteiger charge is 2.27. The number of aromatic nitrogens is 2. The van der Waals surface area contributed by atoms with Crippen LogP contribution >= 0.6 is 34.4 Å². The number of nitrogens with zero attached hydrogens (tertiary/aromatic N) is 3. The van der Waals surface area contributed by atoms with E-state index in [4.69, 9.17) is 9.15 Å². The lowest BCUT2D eigenvalue weighted by atomic mass is 10.2. The number of hydrogen-bond donors (Lipinski definition) is 1. The van der Waals surface area contributed by atoms with Gasteiger partial charge in [0.05, 0.1) is 21.1 Å². The number of benzene rings is 1. The third-order valence-electron chi connectivity index (χ3n) is 5.56. The number of carbonyl (C=O) groups is 2. The second kappa shape index (κ2) is 11.8. The van der Waals surface area contributed by atoms with E-state index < -0.39 is 21.4 Å². The van der Waals surface area contributed by atoms with Crippen molar-refractivity contribution in [3.63, 3.8) is 0 Å². The van der Waals surface area contributed by atoms with Crippen molar-refractivity contribution in [2.45, 2.75) is 27.8 Å². The highest BCUT2D eigenvalue weighted by Crippen LogP contribution is 2.29. The zero-order chi connectivity index (χ0) is 27.4. The number of thiophene rings is 1. The van der Waals surface area contributed by atoms with Crippen LogP contribution in [0.3, 0.4) is 0 Å². The van der Waals surface area contributed by atoms with Gasteiger partial charge in [0.2, 0.25) is 26.3 Å². The predicted molar refractivity (Wildman–Crippen MR) is 146 cm³/mol. The molecule has 1 fully saturated rings. The van der Waals surface area contributed by atoms with Gasteiger partial charge in [0, 0.05) is 19.2 Å². The first kappa shape index (κ1) is 27.2. The standard InChI is InChI=1S/C24H20N4O7S4/c29-18-12-16(14-37-24-27-26-23(38-24)25-21(30)20-4-3-11-36-20)34-13-19(18)35-22(31)15-5-7-17(8-6-15)39(32,33)28-9-1-2-10-28/h3-8,11-13H,1-2,9-10,14H2,(H,25,26,30). The van der Waals surface area contributed by atoms with Crippen molar-refractivity contribution < 1.29 is 27.2 Å². The van der Waals surface area contributed by atoms with E-state index in [2.05, 4.69) is 15.5 Å². The molecule has 1 aromatic carbocycles. The Morgan fingerprint density at radius 2 is 1.90 bits per heavy atom. The molecule has 0 aliphatic carbocycles. The van der Waals surface area contributed by atoms with Crippen LogP contribution in [0.2, 0.25) is 0 Å². The number of amides is 1. The Morgan fingerprint density at radius 1 is 1.13 bits per heavy atom. The van der Waals surface area contributed by atoms with Crippen LogP contribution in [0, 0.1) is 0 Å². The molecule has 39 heavy (non-hydrogen) atoms. The molecule has 0 saturated carbocycles. The molecule has 4 aromatic rings. The topological polar surface area (TPSA) is 149 Å². The number of sulfonamides is 1. The molecule has 202 valence electrons. The molecular formula is C24H20N4O7S4. The fourth-order valence-corrected chi connectivity index (χ4v) is 7.38. The van der Waals surface area contributed by atoms with Crippen LogP contribution in [0.1, 0.15) is 38.6 Å². The third-order valence-corrected chi connectivity index (χ3v) is 10.3. The number of nitrogens with one attached hydrogen (secondary N) is 1. The molecule has 0 atom stereocenters. The predicted octanol–water partition coefficient (Wildman–Crippen LogP) is 4.10. The maximum absolute atomic E-state index is 12.6. The Morgan fingerprint density at radius 3 is 2.59 bits per heavy atom. The molecule has 4 heterocycles. The van der Waals surface area contributed by atoms with Crippen molar-refractivity contribution in [1.82, 2.24) is 14.5 Å². The van der Waals surface area contributed by atoms with Crippen LogP contribution < -0.4 is 15.5 Å². The minimum Gasteiger partial charge on any atom is -0.464 e. The van der Waals surface area contributed by atoms with Crippen LogP contribution in [0.5, 0.6) is 5.75 Å². The van der Waals surface area contributed by atoms with Crippen LogP contribution in [0.15, 0.2) is 72.6 Å². The van der Waals surface area contributed by atoms with Crippen molar-refractivity contribution in [3.8, 4) is 5.75 Å². The molecule has 0 radical (unpaired) electrons. The van der Waals surface area contributed by atoms with Gasteiger partial charge >= 0.3 is 5.97 Å². The van der Waals surface area contributed by atoms with Gasteiger partial charge in [0.25, 0.3) is 5.91 Å². The van der Waals surface area contributed by atoms with Crippen LogP contribution in [0.4, 0.5) is 5.13 Å². The quantitative estimate of drug-likeness (QED) is 0.168. The van der Waals surface area contributed by atoms with Crippen molar-refractivity contribution in [2.75, 3.05) is 18.4 Å². The highest BCUT2D eigenvalue weighted by molar-refractivity contribution is 8.00. The zero-order valence-corrected chi connectivity index (χ0v) is 23.3. The normalized spacial score (nSPS) is 13.8. The minimum absolute atomic E-state index is 0.0904. The van der Waals surface area contributed by atoms with Gasteiger partial charge < -0.3 is 9.15 Å². The van der Waals surface area contributed by atoms with Crippen LogP contribution in [-0.2, 0) is 15.8 Å². The Balaban J connectivity index is 1.16. The number of hydrogen-bond acceptors (Lipinski definition) is 12. The van der Waals surface area contributed by atoms with E-state index in [1.165, 1.54) is 69.1 Å². The summed E-state index contributed by atoms with van der Waals surface area (Å²) >= 11 is 3.76. The van der Waals surface area contributed by atoms with Gasteiger partial charge in [-0.05, 0) is 48.6 Å². The van der Waals surface area contributed by atoms with Crippen molar-refractivity contribution in [2.24, 2.45) is 0 Å². The monoisotopic (exact) mass is 604 g/mol. The molecule has 15 heteroatoms. The van der Waals surface area contributed by atoms with Crippen molar-refractivity contribution in [3.05, 3.63) is 80.5 Å². The van der Waals surface area contributed by atoms with E-state index in [1.807, 2.05) is 0 Å². The molecule has 1 N–H and O–H groups in total. The average molecular weight is 605 g/mol. The lowest BCUT2D eigenvalue weighted by Gasteiger charge is -2.15. The summed E-state index contributed by atoms with van der Waals surface area (Å²) in [4.78, 5) is 37.8. The molecular weight excluding hydrogens is 585 g/mol. The Hall–Kier alpha value is -3.37. The summed E-state index contributed by atoms with van der Waals surface area (Å²) in [6.07, 6.45) is 2.69. The number of esters is 1. The average Bonchev–Trinajstić information content (AvgIpc) is 3.72. The summed E-state index contributed by atoms with van der Waals surface area (Å²) in [6.45, 7) is 0.957.